The summed E-state index contributed by atoms with van der Waals surface area (Å²) >= 11 is 0. The standard InChI is InChI=1S/C18H16N2O/c19-17(13-5-2-1-3-6-13)11-18(21)16-8-4-7-14-12-20-10-9-15(14)16/h1-10,12,17H,11,19H2. The lowest BCUT2D eigenvalue weighted by Gasteiger charge is -2.12. The van der Waals surface area contributed by atoms with Gasteiger partial charge in [-0.05, 0) is 17.0 Å². The summed E-state index contributed by atoms with van der Waals surface area (Å²) in [5.41, 5.74) is 7.83. The van der Waals surface area contributed by atoms with Gasteiger partial charge in [0.15, 0.2) is 5.78 Å². The smallest absolute Gasteiger partial charge is 0.165 e. The number of Topliss-reactive ketones (excluding diaryl/α,β-unsaturated/α-hetero) is 1. The molecule has 3 rings (SSSR count). The van der Waals surface area contributed by atoms with Crippen LogP contribution in [0.1, 0.15) is 28.4 Å². The van der Waals surface area contributed by atoms with Gasteiger partial charge < -0.3 is 5.73 Å². The van der Waals surface area contributed by atoms with Crippen LogP contribution in [0.25, 0.3) is 10.8 Å². The first-order valence-corrected chi connectivity index (χ1v) is 6.92. The minimum absolute atomic E-state index is 0.0585. The van der Waals surface area contributed by atoms with Crippen molar-refractivity contribution in [2.45, 2.75) is 12.5 Å². The molecule has 0 saturated carbocycles. The third-order valence-electron chi connectivity index (χ3n) is 3.61. The SMILES string of the molecule is NC(CC(=O)c1cccc2cnccc12)c1ccccc1. The van der Waals surface area contributed by atoms with Gasteiger partial charge in [0.05, 0.1) is 0 Å². The van der Waals surface area contributed by atoms with Gasteiger partial charge in [0, 0.05) is 35.8 Å². The minimum atomic E-state index is -0.282. The second-order valence-corrected chi connectivity index (χ2v) is 5.05. The molecule has 21 heavy (non-hydrogen) atoms. The van der Waals surface area contributed by atoms with Gasteiger partial charge in [-0.15, -0.1) is 0 Å². The maximum Gasteiger partial charge on any atom is 0.165 e. The number of rotatable bonds is 4. The molecule has 3 heteroatoms. The average molecular weight is 276 g/mol. The van der Waals surface area contributed by atoms with Crippen LogP contribution in [0.3, 0.4) is 0 Å². The molecule has 3 aromatic rings. The van der Waals surface area contributed by atoms with Crippen molar-refractivity contribution in [2.75, 3.05) is 0 Å². The van der Waals surface area contributed by atoms with E-state index in [4.69, 9.17) is 5.73 Å². The van der Waals surface area contributed by atoms with Gasteiger partial charge >= 0.3 is 0 Å². The molecule has 0 spiro atoms. The van der Waals surface area contributed by atoms with Crippen LogP contribution in [-0.4, -0.2) is 10.8 Å². The number of pyridine rings is 1. The maximum atomic E-state index is 12.5. The van der Waals surface area contributed by atoms with Crippen molar-refractivity contribution >= 4 is 16.6 Å². The molecule has 0 bridgehead atoms. The number of ketones is 1. The van der Waals surface area contributed by atoms with Crippen molar-refractivity contribution in [1.29, 1.82) is 0 Å². The van der Waals surface area contributed by atoms with E-state index >= 15 is 0 Å². The van der Waals surface area contributed by atoms with Crippen LogP contribution in [0.4, 0.5) is 0 Å². The van der Waals surface area contributed by atoms with Crippen LogP contribution in [0, 0.1) is 0 Å². The summed E-state index contributed by atoms with van der Waals surface area (Å²) in [6, 6.07) is 17.0. The van der Waals surface area contributed by atoms with E-state index in [9.17, 15) is 4.79 Å². The van der Waals surface area contributed by atoms with Crippen molar-refractivity contribution < 1.29 is 4.79 Å². The number of fused-ring (bicyclic) bond motifs is 1. The number of hydrogen-bond acceptors (Lipinski definition) is 3. The zero-order valence-corrected chi connectivity index (χ0v) is 11.6. The topological polar surface area (TPSA) is 56.0 Å². The van der Waals surface area contributed by atoms with E-state index in [1.54, 1.807) is 12.4 Å². The molecule has 0 radical (unpaired) electrons. The van der Waals surface area contributed by atoms with E-state index in [2.05, 4.69) is 4.98 Å². The number of nitrogens with zero attached hydrogens (tertiary/aromatic N) is 1. The van der Waals surface area contributed by atoms with E-state index in [0.29, 0.717) is 12.0 Å². The first-order valence-electron chi connectivity index (χ1n) is 6.92. The second-order valence-electron chi connectivity index (χ2n) is 5.05. The van der Waals surface area contributed by atoms with Crippen LogP contribution in [-0.2, 0) is 0 Å². The number of carbonyl (C=O) groups is 1. The minimum Gasteiger partial charge on any atom is -0.324 e. The molecule has 0 amide bonds. The van der Waals surface area contributed by atoms with E-state index < -0.39 is 0 Å². The summed E-state index contributed by atoms with van der Waals surface area (Å²) in [7, 11) is 0. The summed E-state index contributed by atoms with van der Waals surface area (Å²) in [5.74, 6) is 0.0585. The molecule has 0 saturated heterocycles. The zero-order valence-electron chi connectivity index (χ0n) is 11.6. The Hall–Kier alpha value is -2.52. The monoisotopic (exact) mass is 276 g/mol. The van der Waals surface area contributed by atoms with Crippen molar-refractivity contribution in [2.24, 2.45) is 5.73 Å². The highest BCUT2D eigenvalue weighted by Crippen LogP contribution is 2.22. The number of benzene rings is 2. The lowest BCUT2D eigenvalue weighted by Crippen LogP contribution is -2.15. The lowest BCUT2D eigenvalue weighted by molar-refractivity contribution is 0.0976. The molecule has 1 aromatic heterocycles. The van der Waals surface area contributed by atoms with Crippen molar-refractivity contribution in [3.05, 3.63) is 78.1 Å². The number of carbonyl (C=O) groups excluding carboxylic acids is 1. The Kier molecular flexibility index (Phi) is 3.75. The van der Waals surface area contributed by atoms with Crippen molar-refractivity contribution in [3.63, 3.8) is 0 Å². The van der Waals surface area contributed by atoms with Gasteiger partial charge in [-0.3, -0.25) is 9.78 Å². The van der Waals surface area contributed by atoms with Crippen LogP contribution < -0.4 is 5.73 Å². The molecule has 3 nitrogen and oxygen atoms in total. The molecule has 0 fully saturated rings. The predicted octanol–water partition coefficient (Wildman–Crippen LogP) is 3.51. The molecular formula is C18H16N2O. The predicted molar refractivity (Wildman–Crippen MR) is 84.1 cm³/mol. The van der Waals surface area contributed by atoms with Crippen LogP contribution in [0.15, 0.2) is 67.0 Å². The Morgan fingerprint density at radius 1 is 1.05 bits per heavy atom. The largest absolute Gasteiger partial charge is 0.324 e. The van der Waals surface area contributed by atoms with Crippen LogP contribution in [0.5, 0.6) is 0 Å². The summed E-state index contributed by atoms with van der Waals surface area (Å²) in [6.07, 6.45) is 3.77. The van der Waals surface area contributed by atoms with E-state index in [1.807, 2.05) is 54.6 Å². The highest BCUT2D eigenvalue weighted by molar-refractivity contribution is 6.08. The fraction of sp³-hybridized carbons (Fsp3) is 0.111. The highest BCUT2D eigenvalue weighted by atomic mass is 16.1. The average Bonchev–Trinajstić information content (AvgIpc) is 2.55. The molecule has 1 atom stereocenters. The summed E-state index contributed by atoms with van der Waals surface area (Å²) in [5, 5.41) is 1.90. The van der Waals surface area contributed by atoms with Crippen LogP contribution in [0.2, 0.25) is 0 Å². The van der Waals surface area contributed by atoms with Crippen LogP contribution >= 0.6 is 0 Å². The van der Waals surface area contributed by atoms with E-state index in [1.165, 1.54) is 0 Å². The number of nitrogens with two attached hydrogens (primary N) is 1. The van der Waals surface area contributed by atoms with Gasteiger partial charge in [0.25, 0.3) is 0 Å². The van der Waals surface area contributed by atoms with E-state index in [0.717, 1.165) is 16.3 Å². The highest BCUT2D eigenvalue weighted by Gasteiger charge is 2.15. The molecule has 0 aliphatic rings. The molecule has 1 heterocycles. The second kappa shape index (κ2) is 5.85. The fourth-order valence-corrected chi connectivity index (χ4v) is 2.49. The third kappa shape index (κ3) is 2.83. The van der Waals surface area contributed by atoms with Gasteiger partial charge in [-0.2, -0.15) is 0 Å². The summed E-state index contributed by atoms with van der Waals surface area (Å²) < 4.78 is 0. The quantitative estimate of drug-likeness (QED) is 0.742. The lowest BCUT2D eigenvalue weighted by atomic mass is 9.96. The Labute approximate surface area is 123 Å². The molecule has 0 aliphatic heterocycles. The van der Waals surface area contributed by atoms with Crippen molar-refractivity contribution in [1.82, 2.24) is 4.98 Å². The Balaban J connectivity index is 1.88. The van der Waals surface area contributed by atoms with Gasteiger partial charge in [0.2, 0.25) is 0 Å². The zero-order chi connectivity index (χ0) is 14.7. The molecule has 2 N–H and O–H groups in total. The Morgan fingerprint density at radius 2 is 1.86 bits per heavy atom. The normalized spacial score (nSPS) is 12.2. The molecular weight excluding hydrogens is 260 g/mol. The third-order valence-corrected chi connectivity index (χ3v) is 3.61. The van der Waals surface area contributed by atoms with Gasteiger partial charge in [-0.1, -0.05) is 48.5 Å². The van der Waals surface area contributed by atoms with Crippen molar-refractivity contribution in [3.8, 4) is 0 Å². The van der Waals surface area contributed by atoms with Gasteiger partial charge in [-0.25, -0.2) is 0 Å². The van der Waals surface area contributed by atoms with Gasteiger partial charge in [0.1, 0.15) is 0 Å². The summed E-state index contributed by atoms with van der Waals surface area (Å²) in [4.78, 5) is 16.6. The first-order chi connectivity index (χ1) is 10.3. The first kappa shape index (κ1) is 13.5. The maximum absolute atomic E-state index is 12.5. The molecule has 104 valence electrons. The number of aromatic nitrogens is 1. The molecule has 1 unspecified atom stereocenters. The Bertz CT molecular complexity index is 763. The fourth-order valence-electron chi connectivity index (χ4n) is 2.49. The summed E-state index contributed by atoms with van der Waals surface area (Å²) in [6.45, 7) is 0. The molecule has 0 aliphatic carbocycles. The Morgan fingerprint density at radius 3 is 2.67 bits per heavy atom. The number of hydrogen-bond donors (Lipinski definition) is 1. The molecule has 2 aromatic carbocycles. The van der Waals surface area contributed by atoms with E-state index in [-0.39, 0.29) is 11.8 Å².